The first-order valence-electron chi connectivity index (χ1n) is 7.09. The van der Waals surface area contributed by atoms with Gasteiger partial charge in [-0.25, -0.2) is 0 Å². The van der Waals surface area contributed by atoms with Gasteiger partial charge in [0, 0.05) is 20.8 Å². The average molecular weight is 600 g/mol. The van der Waals surface area contributed by atoms with Crippen molar-refractivity contribution in [2.45, 2.75) is 47.5 Å². The molecule has 1 aromatic rings. The molecule has 0 aliphatic carbocycles. The fraction of sp³-hybridized carbons (Fsp3) is 0.438. The van der Waals surface area contributed by atoms with Crippen LogP contribution in [0.4, 0.5) is 0 Å². The Bertz CT molecular complexity index is 443. The summed E-state index contributed by atoms with van der Waals surface area (Å²) in [5, 5.41) is 22.2. The molecule has 0 saturated heterocycles. The molecule has 0 bridgehead atoms. The SMILES string of the molecule is CC(=O)O.CC(=O)O.CC(=O)O.CCc1cccc(CC)[c]1[Pb][Br]. The Morgan fingerprint density at radius 2 is 1.12 bits per heavy atom. The Morgan fingerprint density at radius 1 is 0.875 bits per heavy atom. The number of carboxylic acid groups (broad SMARTS) is 3. The summed E-state index contributed by atoms with van der Waals surface area (Å²) in [7, 11) is 0. The molecule has 2 radical (unpaired) electrons. The maximum atomic E-state index is 9.00. The van der Waals surface area contributed by atoms with E-state index in [0.717, 1.165) is 20.8 Å². The van der Waals surface area contributed by atoms with Gasteiger partial charge in [-0.3, -0.25) is 14.4 Å². The van der Waals surface area contributed by atoms with E-state index in [-0.39, 0.29) is 0 Å². The summed E-state index contributed by atoms with van der Waals surface area (Å²) in [6.07, 6.45) is 2.36. The number of hydrogen-bond acceptors (Lipinski definition) is 3. The van der Waals surface area contributed by atoms with Crippen LogP contribution in [0.5, 0.6) is 0 Å². The summed E-state index contributed by atoms with van der Waals surface area (Å²) in [5.74, 6) is -2.50. The molecule has 0 heterocycles. The van der Waals surface area contributed by atoms with E-state index in [1.807, 2.05) is 0 Å². The fourth-order valence-electron chi connectivity index (χ4n) is 1.36. The summed E-state index contributed by atoms with van der Waals surface area (Å²) in [6, 6.07) is 6.72. The molecule has 8 heteroatoms. The van der Waals surface area contributed by atoms with Crippen LogP contribution in [0, 0.1) is 0 Å². The van der Waals surface area contributed by atoms with Gasteiger partial charge in [-0.05, 0) is 0 Å². The molecule has 0 aromatic heterocycles. The minimum atomic E-state index is -0.833. The maximum absolute atomic E-state index is 9.00. The Kier molecular flexibility index (Phi) is 21.3. The molecule has 0 saturated carbocycles. The number of benzene rings is 1. The van der Waals surface area contributed by atoms with E-state index in [4.69, 9.17) is 29.7 Å². The number of hydrogen-bond donors (Lipinski definition) is 3. The van der Waals surface area contributed by atoms with Crippen molar-refractivity contribution in [1.82, 2.24) is 0 Å². The van der Waals surface area contributed by atoms with E-state index >= 15 is 0 Å². The molecular formula is C16H25BrO6Pb. The Morgan fingerprint density at radius 3 is 1.29 bits per heavy atom. The predicted molar refractivity (Wildman–Crippen MR) is 99.4 cm³/mol. The van der Waals surface area contributed by atoms with Gasteiger partial charge in [-0.15, -0.1) is 0 Å². The second kappa shape index (κ2) is 18.4. The van der Waals surface area contributed by atoms with Crippen LogP contribution < -0.4 is 3.12 Å². The molecule has 0 amide bonds. The van der Waals surface area contributed by atoms with Crippen molar-refractivity contribution in [3.63, 3.8) is 0 Å². The molecule has 3 N–H and O–H groups in total. The van der Waals surface area contributed by atoms with Crippen LogP contribution in [0.1, 0.15) is 45.7 Å². The first-order valence-corrected chi connectivity index (χ1v) is 17.5. The van der Waals surface area contributed by atoms with Crippen molar-refractivity contribution in [2.24, 2.45) is 0 Å². The van der Waals surface area contributed by atoms with Gasteiger partial charge in [-0.2, -0.15) is 0 Å². The summed E-state index contributed by atoms with van der Waals surface area (Å²) < 4.78 is 1.68. The standard InChI is InChI=1S/C10H13.3C2H4O2.BrH.Pb/c1-3-9-6-5-7-10(4-2)8-9;3*1-2(3)4;;/h5-7H,3-4H2,1-2H3;3*1H3,(H,3,4);1H;/q;;;;;+1/p-1. The molecule has 0 fully saturated rings. The average Bonchev–Trinajstić information content (AvgIpc) is 2.44. The minimum absolute atomic E-state index is 0.641. The van der Waals surface area contributed by atoms with Gasteiger partial charge < -0.3 is 15.3 Å². The number of aliphatic carboxylic acids is 3. The molecule has 136 valence electrons. The molecule has 0 unspecified atom stereocenters. The van der Waals surface area contributed by atoms with Crippen LogP contribution in [-0.2, 0) is 27.2 Å². The zero-order valence-electron chi connectivity index (χ0n) is 14.6. The van der Waals surface area contributed by atoms with E-state index in [1.165, 1.54) is 12.8 Å². The molecule has 0 aliphatic heterocycles. The van der Waals surface area contributed by atoms with Crippen molar-refractivity contribution in [3.05, 3.63) is 29.3 Å². The van der Waals surface area contributed by atoms with E-state index in [9.17, 15) is 0 Å². The molecule has 24 heavy (non-hydrogen) atoms. The summed E-state index contributed by atoms with van der Waals surface area (Å²) in [6.45, 7) is 7.73. The molecule has 0 spiro atoms. The molecular weight excluding hydrogens is 575 g/mol. The first kappa shape index (κ1) is 27.9. The molecule has 6 nitrogen and oxygen atoms in total. The number of halogens is 1. The zero-order valence-corrected chi connectivity index (χ0v) is 20.1. The van der Waals surface area contributed by atoms with E-state index in [2.05, 4.69) is 44.0 Å². The monoisotopic (exact) mass is 600 g/mol. The second-order valence-corrected chi connectivity index (χ2v) is 10.5. The van der Waals surface area contributed by atoms with Crippen molar-refractivity contribution in [1.29, 1.82) is 0 Å². The van der Waals surface area contributed by atoms with Crippen molar-refractivity contribution < 1.29 is 29.7 Å². The van der Waals surface area contributed by atoms with Gasteiger partial charge in [0.05, 0.1) is 0 Å². The van der Waals surface area contributed by atoms with Gasteiger partial charge in [0.25, 0.3) is 17.9 Å². The third kappa shape index (κ3) is 23.3. The van der Waals surface area contributed by atoms with Gasteiger partial charge in [0.15, 0.2) is 0 Å². The van der Waals surface area contributed by atoms with Gasteiger partial charge in [0.1, 0.15) is 0 Å². The number of aryl methyl sites for hydroxylation is 2. The molecule has 0 atom stereocenters. The second-order valence-electron chi connectivity index (χ2n) is 4.31. The van der Waals surface area contributed by atoms with Crippen LogP contribution in [0.3, 0.4) is 0 Å². The Hall–Kier alpha value is -0.968. The van der Waals surface area contributed by atoms with Crippen LogP contribution in [-0.4, -0.2) is 55.1 Å². The van der Waals surface area contributed by atoms with E-state index in [0.29, 0.717) is 0 Å². The van der Waals surface area contributed by atoms with E-state index < -0.39 is 39.7 Å². The number of carbonyl (C=O) groups is 3. The van der Waals surface area contributed by atoms with Gasteiger partial charge in [-0.1, -0.05) is 0 Å². The Balaban J connectivity index is -0.000000304. The summed E-state index contributed by atoms with van der Waals surface area (Å²) >= 11 is 3.09. The quantitative estimate of drug-likeness (QED) is 0.461. The molecule has 1 rings (SSSR count). The molecule has 1 aromatic carbocycles. The van der Waals surface area contributed by atoms with E-state index in [1.54, 1.807) is 14.2 Å². The number of rotatable bonds is 3. The first-order chi connectivity index (χ1) is 11.0. The van der Waals surface area contributed by atoms with Crippen molar-refractivity contribution in [3.8, 4) is 0 Å². The van der Waals surface area contributed by atoms with Crippen LogP contribution in [0.15, 0.2) is 18.2 Å². The van der Waals surface area contributed by atoms with Crippen LogP contribution in [0.2, 0.25) is 0 Å². The normalized spacial score (nSPS) is 8.25. The van der Waals surface area contributed by atoms with Crippen molar-refractivity contribution in [2.75, 3.05) is 0 Å². The van der Waals surface area contributed by atoms with Gasteiger partial charge in [0.2, 0.25) is 0 Å². The Labute approximate surface area is 160 Å². The third-order valence-corrected chi connectivity index (χ3v) is 8.80. The van der Waals surface area contributed by atoms with Crippen LogP contribution in [0.25, 0.3) is 0 Å². The summed E-state index contributed by atoms with van der Waals surface area (Å²) in [4.78, 5) is 27.0. The van der Waals surface area contributed by atoms with Crippen molar-refractivity contribution >= 4 is 54.8 Å². The van der Waals surface area contributed by atoms with Crippen LogP contribution >= 0.6 is 12.0 Å². The van der Waals surface area contributed by atoms with Gasteiger partial charge >= 0.3 is 92.9 Å². The molecule has 0 aliphatic rings. The zero-order chi connectivity index (χ0) is 19.7. The third-order valence-electron chi connectivity index (χ3n) is 2.09. The topological polar surface area (TPSA) is 112 Å². The summed E-state index contributed by atoms with van der Waals surface area (Å²) in [5.41, 5.74) is 3.13. The fourth-order valence-corrected chi connectivity index (χ4v) is 8.80. The number of carboxylic acids is 3. The predicted octanol–water partition coefficient (Wildman–Crippen LogP) is 2.72.